The molecule has 0 unspecified atom stereocenters. The Balaban J connectivity index is 1.82. The quantitative estimate of drug-likeness (QED) is 0.409. The van der Waals surface area contributed by atoms with Gasteiger partial charge in [-0.05, 0) is 24.1 Å². The van der Waals surface area contributed by atoms with Crippen molar-refractivity contribution in [2.75, 3.05) is 5.32 Å². The maximum Gasteiger partial charge on any atom is 0.269 e. The number of nitro groups is 1. The van der Waals surface area contributed by atoms with Crippen LogP contribution in [-0.4, -0.2) is 33.1 Å². The molecule has 0 aliphatic rings. The molecule has 2 aromatic rings. The van der Waals surface area contributed by atoms with Gasteiger partial charge in [0.05, 0.1) is 17.6 Å². The zero-order valence-corrected chi connectivity index (χ0v) is 14.7. The van der Waals surface area contributed by atoms with Crippen molar-refractivity contribution >= 4 is 40.2 Å². The largest absolute Gasteiger partial charge is 0.301 e. The predicted octanol–water partition coefficient (Wildman–Crippen LogP) is 1.88. The van der Waals surface area contributed by atoms with Crippen molar-refractivity contribution in [2.45, 2.75) is 26.2 Å². The van der Waals surface area contributed by atoms with Crippen LogP contribution in [0.4, 0.5) is 10.8 Å². The Morgan fingerprint density at radius 3 is 2.65 bits per heavy atom. The number of amides is 2. The number of hydrazone groups is 1. The summed E-state index contributed by atoms with van der Waals surface area (Å²) >= 11 is 1.12. The lowest BCUT2D eigenvalue weighted by Crippen LogP contribution is -2.19. The summed E-state index contributed by atoms with van der Waals surface area (Å²) in [5, 5.41) is 25.4. The van der Waals surface area contributed by atoms with Crippen LogP contribution < -0.4 is 10.7 Å². The molecule has 1 aromatic heterocycles. The van der Waals surface area contributed by atoms with Crippen LogP contribution in [0.15, 0.2) is 29.4 Å². The molecule has 0 radical (unpaired) electrons. The third-order valence-corrected chi connectivity index (χ3v) is 3.85. The number of rotatable bonds is 8. The minimum Gasteiger partial charge on any atom is -0.301 e. The second-order valence-corrected chi connectivity index (χ2v) is 6.18. The summed E-state index contributed by atoms with van der Waals surface area (Å²) in [4.78, 5) is 33.4. The van der Waals surface area contributed by atoms with E-state index in [0.717, 1.165) is 17.8 Å². The summed E-state index contributed by atoms with van der Waals surface area (Å²) < 4.78 is 0. The lowest BCUT2D eigenvalue weighted by atomic mass is 10.2. The standard InChI is InChI=1S/C15H16N6O4S/c1-2-3-12(22)17-15-20-19-14(26-15)8-13(23)18-16-9-10-4-6-11(7-5-10)21(24)25/h4-7,9H,2-3,8H2,1H3,(H,18,23)(H,17,20,22)/b16-9-. The molecule has 0 aliphatic carbocycles. The number of nitrogens with one attached hydrogen (secondary N) is 2. The number of hydrogen-bond donors (Lipinski definition) is 2. The van der Waals surface area contributed by atoms with Gasteiger partial charge in [-0.2, -0.15) is 5.10 Å². The molecule has 26 heavy (non-hydrogen) atoms. The number of carbonyl (C=O) groups is 2. The first-order chi connectivity index (χ1) is 12.5. The third-order valence-electron chi connectivity index (χ3n) is 3.01. The van der Waals surface area contributed by atoms with Crippen LogP contribution in [0.1, 0.15) is 30.3 Å². The summed E-state index contributed by atoms with van der Waals surface area (Å²) in [5.41, 5.74) is 2.92. The Hall–Kier alpha value is -3.21. The monoisotopic (exact) mass is 376 g/mol. The van der Waals surface area contributed by atoms with Gasteiger partial charge in [0.15, 0.2) is 0 Å². The minimum absolute atomic E-state index is 0.0238. The Kier molecular flexibility index (Phi) is 6.85. The first-order valence-corrected chi connectivity index (χ1v) is 8.48. The smallest absolute Gasteiger partial charge is 0.269 e. The molecule has 0 spiro atoms. The van der Waals surface area contributed by atoms with E-state index in [-0.39, 0.29) is 18.0 Å². The van der Waals surface area contributed by atoms with Crippen molar-refractivity contribution in [3.63, 3.8) is 0 Å². The molecule has 1 aromatic carbocycles. The molecule has 136 valence electrons. The fraction of sp³-hybridized carbons (Fsp3) is 0.267. The summed E-state index contributed by atoms with van der Waals surface area (Å²) in [7, 11) is 0. The lowest BCUT2D eigenvalue weighted by molar-refractivity contribution is -0.384. The maximum atomic E-state index is 11.8. The number of aromatic nitrogens is 2. The molecule has 0 saturated heterocycles. The van der Waals surface area contributed by atoms with E-state index in [1.54, 1.807) is 0 Å². The molecule has 2 rings (SSSR count). The normalized spacial score (nSPS) is 10.7. The highest BCUT2D eigenvalue weighted by Gasteiger charge is 2.10. The number of nitrogens with zero attached hydrogens (tertiary/aromatic N) is 4. The number of benzene rings is 1. The molecule has 2 amide bonds. The number of nitro benzene ring substituents is 1. The molecule has 11 heteroatoms. The molecule has 2 N–H and O–H groups in total. The number of anilines is 1. The van der Waals surface area contributed by atoms with Crippen LogP contribution in [0.25, 0.3) is 0 Å². The first-order valence-electron chi connectivity index (χ1n) is 7.66. The van der Waals surface area contributed by atoms with Gasteiger partial charge >= 0.3 is 0 Å². The maximum absolute atomic E-state index is 11.8. The fourth-order valence-electron chi connectivity index (χ4n) is 1.82. The van der Waals surface area contributed by atoms with E-state index >= 15 is 0 Å². The van der Waals surface area contributed by atoms with Crippen LogP contribution in [0.3, 0.4) is 0 Å². The fourth-order valence-corrected chi connectivity index (χ4v) is 2.58. The van der Waals surface area contributed by atoms with Crippen molar-refractivity contribution in [1.82, 2.24) is 15.6 Å². The third kappa shape index (κ3) is 6.02. The van der Waals surface area contributed by atoms with Gasteiger partial charge in [-0.3, -0.25) is 19.7 Å². The zero-order valence-electron chi connectivity index (χ0n) is 13.8. The minimum atomic E-state index is -0.496. The Labute approximate surface area is 152 Å². The molecule has 0 fully saturated rings. The van der Waals surface area contributed by atoms with Crippen LogP contribution in [-0.2, 0) is 16.0 Å². The summed E-state index contributed by atoms with van der Waals surface area (Å²) in [5.74, 6) is -0.543. The zero-order chi connectivity index (χ0) is 18.9. The van der Waals surface area contributed by atoms with E-state index in [1.165, 1.54) is 30.5 Å². The van der Waals surface area contributed by atoms with E-state index in [9.17, 15) is 19.7 Å². The van der Waals surface area contributed by atoms with Crippen molar-refractivity contribution in [3.8, 4) is 0 Å². The van der Waals surface area contributed by atoms with Crippen LogP contribution in [0, 0.1) is 10.1 Å². The number of non-ortho nitro benzene ring substituents is 1. The molecule has 0 saturated carbocycles. The second-order valence-electron chi connectivity index (χ2n) is 5.12. The van der Waals surface area contributed by atoms with E-state index in [1.807, 2.05) is 6.92 Å². The van der Waals surface area contributed by atoms with Crippen LogP contribution in [0.2, 0.25) is 0 Å². The van der Waals surface area contributed by atoms with Crippen LogP contribution in [0.5, 0.6) is 0 Å². The van der Waals surface area contributed by atoms with Gasteiger partial charge in [0.25, 0.3) is 5.69 Å². The SMILES string of the molecule is CCCC(=O)Nc1nnc(CC(=O)N/N=C\c2ccc([N+](=O)[O-])cc2)s1. The second kappa shape index (κ2) is 9.32. The average molecular weight is 376 g/mol. The van der Waals surface area contributed by atoms with Crippen molar-refractivity contribution < 1.29 is 14.5 Å². The van der Waals surface area contributed by atoms with Crippen LogP contribution >= 0.6 is 11.3 Å². The van der Waals surface area contributed by atoms with Gasteiger partial charge in [0, 0.05) is 18.6 Å². The molecule has 0 aliphatic heterocycles. The predicted molar refractivity (Wildman–Crippen MR) is 96.0 cm³/mol. The average Bonchev–Trinajstić information content (AvgIpc) is 3.02. The van der Waals surface area contributed by atoms with Crippen molar-refractivity contribution in [3.05, 3.63) is 45.0 Å². The van der Waals surface area contributed by atoms with Gasteiger partial charge in [-0.25, -0.2) is 5.43 Å². The number of carbonyl (C=O) groups excluding carboxylic acids is 2. The van der Waals surface area contributed by atoms with E-state index in [4.69, 9.17) is 0 Å². The molecular weight excluding hydrogens is 360 g/mol. The molecular formula is C15H16N6O4S. The highest BCUT2D eigenvalue weighted by atomic mass is 32.1. The van der Waals surface area contributed by atoms with Gasteiger partial charge in [0.1, 0.15) is 5.01 Å². The first kappa shape index (κ1) is 19.1. The van der Waals surface area contributed by atoms with Gasteiger partial charge in [-0.15, -0.1) is 10.2 Å². The Morgan fingerprint density at radius 1 is 1.27 bits per heavy atom. The highest BCUT2D eigenvalue weighted by molar-refractivity contribution is 7.15. The van der Waals surface area contributed by atoms with E-state index < -0.39 is 10.8 Å². The molecule has 0 bridgehead atoms. The van der Waals surface area contributed by atoms with Gasteiger partial charge < -0.3 is 5.32 Å². The highest BCUT2D eigenvalue weighted by Crippen LogP contribution is 2.16. The van der Waals surface area contributed by atoms with Gasteiger partial charge in [0.2, 0.25) is 16.9 Å². The van der Waals surface area contributed by atoms with E-state index in [2.05, 4.69) is 26.0 Å². The van der Waals surface area contributed by atoms with Gasteiger partial charge in [-0.1, -0.05) is 18.3 Å². The number of hydrogen-bond acceptors (Lipinski definition) is 8. The molecule has 1 heterocycles. The van der Waals surface area contributed by atoms with Crippen molar-refractivity contribution in [2.24, 2.45) is 5.10 Å². The van der Waals surface area contributed by atoms with E-state index in [0.29, 0.717) is 22.1 Å². The summed E-state index contributed by atoms with van der Waals surface area (Å²) in [6, 6.07) is 5.73. The Morgan fingerprint density at radius 2 is 2.00 bits per heavy atom. The molecule has 0 atom stereocenters. The van der Waals surface area contributed by atoms with Crippen molar-refractivity contribution in [1.29, 1.82) is 0 Å². The Bertz CT molecular complexity index is 818. The summed E-state index contributed by atoms with van der Waals surface area (Å²) in [6.07, 6.45) is 2.47. The topological polar surface area (TPSA) is 139 Å². The lowest BCUT2D eigenvalue weighted by Gasteiger charge is -1.97. The summed E-state index contributed by atoms with van der Waals surface area (Å²) in [6.45, 7) is 1.90. The molecule has 10 nitrogen and oxygen atoms in total.